The third kappa shape index (κ3) is 5.11. The highest BCUT2D eigenvalue weighted by Crippen LogP contribution is 2.52. The molecular weight excluding hydrogens is 603 g/mol. The van der Waals surface area contributed by atoms with Gasteiger partial charge in [0, 0.05) is 22.4 Å². The molecule has 0 atom stereocenters. The Labute approximate surface area is 294 Å². The van der Waals surface area contributed by atoms with Crippen molar-refractivity contribution in [2.75, 3.05) is 4.90 Å². The van der Waals surface area contributed by atoms with E-state index < -0.39 is 0 Å². The van der Waals surface area contributed by atoms with E-state index in [0.717, 1.165) is 17.1 Å². The highest BCUT2D eigenvalue weighted by Gasteiger charge is 2.36. The molecule has 0 aliphatic heterocycles. The van der Waals surface area contributed by atoms with E-state index in [0.29, 0.717) is 0 Å². The molecule has 0 unspecified atom stereocenters. The lowest BCUT2D eigenvalue weighted by Crippen LogP contribution is -2.17. The molecule has 50 heavy (non-hydrogen) atoms. The average Bonchev–Trinajstić information content (AvgIpc) is 3.41. The summed E-state index contributed by atoms with van der Waals surface area (Å²) in [6, 6.07) is 68.6. The lowest BCUT2D eigenvalue weighted by molar-refractivity contribution is 0.660. The number of fused-ring (bicyclic) bond motifs is 4. The summed E-state index contributed by atoms with van der Waals surface area (Å²) < 4.78 is 0. The van der Waals surface area contributed by atoms with E-state index in [1.165, 1.54) is 66.4 Å². The molecule has 0 saturated carbocycles. The summed E-state index contributed by atoms with van der Waals surface area (Å²) in [4.78, 5) is 2.44. The molecule has 1 heteroatoms. The van der Waals surface area contributed by atoms with Gasteiger partial charge in [-0.3, -0.25) is 0 Å². The van der Waals surface area contributed by atoms with E-state index in [9.17, 15) is 0 Å². The van der Waals surface area contributed by atoms with Crippen LogP contribution >= 0.6 is 0 Å². The van der Waals surface area contributed by atoms with Gasteiger partial charge in [0.15, 0.2) is 0 Å². The fraction of sp³-hybridized carbons (Fsp3) is 0.0612. The van der Waals surface area contributed by atoms with Gasteiger partial charge in [-0.05, 0) is 97.2 Å². The second kappa shape index (κ2) is 12.1. The minimum Gasteiger partial charge on any atom is -0.310 e. The summed E-state index contributed by atoms with van der Waals surface area (Å²) in [6.45, 7) is 4.75. The van der Waals surface area contributed by atoms with Gasteiger partial charge in [0.2, 0.25) is 0 Å². The van der Waals surface area contributed by atoms with Gasteiger partial charge < -0.3 is 4.90 Å². The normalized spacial score (nSPS) is 12.8. The van der Waals surface area contributed by atoms with Gasteiger partial charge in [0.1, 0.15) is 0 Å². The molecule has 0 fully saturated rings. The lowest BCUT2D eigenvalue weighted by Gasteiger charge is -2.30. The van der Waals surface area contributed by atoms with Crippen LogP contribution in [0.2, 0.25) is 0 Å². The van der Waals surface area contributed by atoms with Gasteiger partial charge in [-0.1, -0.05) is 166 Å². The number of benzene rings is 8. The molecular formula is C49H37N. The van der Waals surface area contributed by atoms with Crippen molar-refractivity contribution in [3.8, 4) is 44.5 Å². The van der Waals surface area contributed by atoms with E-state index in [4.69, 9.17) is 0 Å². The topological polar surface area (TPSA) is 3.24 Å². The van der Waals surface area contributed by atoms with Gasteiger partial charge in [0.05, 0.1) is 5.69 Å². The third-order valence-electron chi connectivity index (χ3n) is 10.5. The number of hydrogen-bond acceptors (Lipinski definition) is 1. The molecule has 0 spiro atoms. The average molecular weight is 640 g/mol. The molecule has 0 aromatic heterocycles. The smallest absolute Gasteiger partial charge is 0.0540 e. The number of para-hydroxylation sites is 1. The van der Waals surface area contributed by atoms with E-state index in [2.05, 4.69) is 207 Å². The molecule has 9 rings (SSSR count). The standard InChI is InChI=1S/C49H37N/c1-49(2)46-32-40(37-23-21-36(22-24-37)34-13-5-3-6-14-34)26-29-44(46)45-30-28-42(33-47(45)49)50(41-27-25-35-15-9-10-18-39(35)31-41)48-20-12-11-19-43(48)38-16-7-4-8-17-38/h3-33H,1-2H3. The third-order valence-corrected chi connectivity index (χ3v) is 10.5. The van der Waals surface area contributed by atoms with Crippen LogP contribution < -0.4 is 4.90 Å². The first-order chi connectivity index (χ1) is 24.5. The van der Waals surface area contributed by atoms with Crippen molar-refractivity contribution in [3.05, 3.63) is 199 Å². The molecule has 0 heterocycles. The van der Waals surface area contributed by atoms with Crippen molar-refractivity contribution in [1.82, 2.24) is 0 Å². The first-order valence-corrected chi connectivity index (χ1v) is 17.4. The van der Waals surface area contributed by atoms with Crippen molar-refractivity contribution in [2.24, 2.45) is 0 Å². The summed E-state index contributed by atoms with van der Waals surface area (Å²) in [6.07, 6.45) is 0. The summed E-state index contributed by atoms with van der Waals surface area (Å²) in [5.74, 6) is 0. The second-order valence-corrected chi connectivity index (χ2v) is 13.8. The molecule has 238 valence electrons. The van der Waals surface area contributed by atoms with Crippen LogP contribution in [0, 0.1) is 0 Å². The fourth-order valence-corrected chi connectivity index (χ4v) is 7.80. The van der Waals surface area contributed by atoms with Crippen LogP contribution in [0.1, 0.15) is 25.0 Å². The fourth-order valence-electron chi connectivity index (χ4n) is 7.80. The summed E-state index contributed by atoms with van der Waals surface area (Å²) in [5, 5.41) is 2.47. The summed E-state index contributed by atoms with van der Waals surface area (Å²) in [7, 11) is 0. The van der Waals surface area contributed by atoms with Crippen LogP contribution in [0.5, 0.6) is 0 Å². The molecule has 1 aliphatic carbocycles. The Morgan fingerprint density at radius 3 is 1.58 bits per heavy atom. The Balaban J connectivity index is 1.15. The minimum absolute atomic E-state index is 0.172. The van der Waals surface area contributed by atoms with E-state index in [1.807, 2.05) is 0 Å². The van der Waals surface area contributed by atoms with Crippen molar-refractivity contribution in [1.29, 1.82) is 0 Å². The number of rotatable bonds is 6. The molecule has 1 aliphatic rings. The van der Waals surface area contributed by atoms with Gasteiger partial charge in [-0.2, -0.15) is 0 Å². The maximum absolute atomic E-state index is 2.44. The summed E-state index contributed by atoms with van der Waals surface area (Å²) in [5.41, 5.74) is 16.0. The zero-order chi connectivity index (χ0) is 33.7. The predicted molar refractivity (Wildman–Crippen MR) is 213 cm³/mol. The molecule has 8 aromatic rings. The lowest BCUT2D eigenvalue weighted by atomic mass is 9.81. The van der Waals surface area contributed by atoms with Crippen LogP contribution in [0.15, 0.2) is 188 Å². The maximum Gasteiger partial charge on any atom is 0.0540 e. The first kappa shape index (κ1) is 29.9. The zero-order valence-electron chi connectivity index (χ0n) is 28.3. The van der Waals surface area contributed by atoms with Gasteiger partial charge >= 0.3 is 0 Å². The highest BCUT2D eigenvalue weighted by molar-refractivity contribution is 5.94. The van der Waals surface area contributed by atoms with Crippen molar-refractivity contribution >= 4 is 27.8 Å². The maximum atomic E-state index is 2.44. The highest BCUT2D eigenvalue weighted by atomic mass is 15.1. The minimum atomic E-state index is -0.172. The van der Waals surface area contributed by atoms with Crippen molar-refractivity contribution in [3.63, 3.8) is 0 Å². The largest absolute Gasteiger partial charge is 0.310 e. The SMILES string of the molecule is CC1(C)c2cc(-c3ccc(-c4ccccc4)cc3)ccc2-c2ccc(N(c3ccc4ccccc4c3)c3ccccc3-c3ccccc3)cc21. The molecule has 0 amide bonds. The van der Waals surface area contributed by atoms with Gasteiger partial charge in [-0.25, -0.2) is 0 Å². The van der Waals surface area contributed by atoms with Crippen LogP contribution in [0.4, 0.5) is 17.1 Å². The molecule has 0 bridgehead atoms. The van der Waals surface area contributed by atoms with Gasteiger partial charge in [-0.15, -0.1) is 0 Å². The monoisotopic (exact) mass is 639 g/mol. The van der Waals surface area contributed by atoms with Crippen LogP contribution in [0.3, 0.4) is 0 Å². The predicted octanol–water partition coefficient (Wildman–Crippen LogP) is 13.6. The molecule has 8 aromatic carbocycles. The summed E-state index contributed by atoms with van der Waals surface area (Å²) >= 11 is 0. The quantitative estimate of drug-likeness (QED) is 0.175. The van der Waals surface area contributed by atoms with E-state index in [1.54, 1.807) is 0 Å². The number of hydrogen-bond donors (Lipinski definition) is 0. The Kier molecular flexibility index (Phi) is 7.21. The Morgan fingerprint density at radius 2 is 0.840 bits per heavy atom. The van der Waals surface area contributed by atoms with Crippen LogP contribution in [0.25, 0.3) is 55.3 Å². The van der Waals surface area contributed by atoms with Crippen LogP contribution in [-0.2, 0) is 5.41 Å². The molecule has 1 nitrogen and oxygen atoms in total. The number of nitrogens with zero attached hydrogens (tertiary/aromatic N) is 1. The molecule has 0 saturated heterocycles. The number of anilines is 3. The van der Waals surface area contributed by atoms with Crippen molar-refractivity contribution < 1.29 is 0 Å². The van der Waals surface area contributed by atoms with Gasteiger partial charge in [0.25, 0.3) is 0 Å². The van der Waals surface area contributed by atoms with Crippen LogP contribution in [-0.4, -0.2) is 0 Å². The zero-order valence-corrected chi connectivity index (χ0v) is 28.3. The second-order valence-electron chi connectivity index (χ2n) is 13.8. The van der Waals surface area contributed by atoms with Crippen molar-refractivity contribution in [2.45, 2.75) is 19.3 Å². The van der Waals surface area contributed by atoms with E-state index in [-0.39, 0.29) is 5.41 Å². The Hall–Kier alpha value is -6.18. The molecule has 0 radical (unpaired) electrons. The Morgan fingerprint density at radius 1 is 0.340 bits per heavy atom. The van der Waals surface area contributed by atoms with E-state index >= 15 is 0 Å². The molecule has 0 N–H and O–H groups in total. The Bertz CT molecular complexity index is 2490. The first-order valence-electron chi connectivity index (χ1n) is 17.4.